The van der Waals surface area contributed by atoms with Crippen LogP contribution in [0.4, 0.5) is 0 Å². The van der Waals surface area contributed by atoms with Crippen molar-refractivity contribution in [1.82, 2.24) is 20.4 Å². The van der Waals surface area contributed by atoms with Crippen LogP contribution in [0.1, 0.15) is 82.6 Å². The molecule has 0 aromatic rings. The van der Waals surface area contributed by atoms with Gasteiger partial charge in [-0.3, -0.25) is 33.6 Å². The number of nitrogens with one attached hydrogen (secondary N) is 2. The number of nitrogens with zero attached hydrogens (tertiary/aromatic N) is 2. The van der Waals surface area contributed by atoms with Gasteiger partial charge in [-0.1, -0.05) is 45.7 Å². The van der Waals surface area contributed by atoms with Crippen LogP contribution in [0.25, 0.3) is 0 Å². The predicted octanol–water partition coefficient (Wildman–Crippen LogP) is 3.74. The van der Waals surface area contributed by atoms with Gasteiger partial charge in [0.25, 0.3) is 0 Å². The number of hydrogen-bond acceptors (Lipinski definition) is 14. The van der Waals surface area contributed by atoms with E-state index in [-0.39, 0.29) is 56.6 Å². The molecule has 0 fully saturated rings. The number of halogens is 2. The standard InChI is InChI=1S/C40H70Br2N4O12/c1-27(47)58-28(36(4,5)30(49)44-17-21-55-32(51)38(8,9)40(11,26-42)34(53)57-23-19-46(14)15)24-35(2,3)29(48)43-16-20-54-31(50)37(6,7)39(10,25-41)33(52)56-22-18-45(12)13/h28H,16-26H2,1-15H3,(H,43,48)(H,44,49). The van der Waals surface area contributed by atoms with Gasteiger partial charge in [0.15, 0.2) is 0 Å². The van der Waals surface area contributed by atoms with E-state index in [4.69, 9.17) is 23.7 Å². The first-order valence-electron chi connectivity index (χ1n) is 19.3. The van der Waals surface area contributed by atoms with E-state index in [1.165, 1.54) is 6.92 Å². The quantitative estimate of drug-likeness (QED) is 0.0551. The Balaban J connectivity index is 5.48. The smallest absolute Gasteiger partial charge is 0.313 e. The summed E-state index contributed by atoms with van der Waals surface area (Å²) in [6.07, 6.45) is -1.10. The summed E-state index contributed by atoms with van der Waals surface area (Å²) in [5.41, 5.74) is -7.58. The van der Waals surface area contributed by atoms with Gasteiger partial charge in [-0.2, -0.15) is 0 Å². The highest BCUT2D eigenvalue weighted by Crippen LogP contribution is 2.44. The summed E-state index contributed by atoms with van der Waals surface area (Å²) < 4.78 is 27.5. The number of likely N-dealkylation sites (N-methyl/N-ethyl adjacent to an activating group) is 2. The number of carbonyl (C=O) groups excluding carboxylic acids is 7. The summed E-state index contributed by atoms with van der Waals surface area (Å²) in [6, 6.07) is 0. The Kier molecular flexibility index (Phi) is 22.1. The Bertz CT molecular complexity index is 1440. The van der Waals surface area contributed by atoms with Crippen LogP contribution < -0.4 is 10.6 Å². The fourth-order valence-electron chi connectivity index (χ4n) is 5.16. The molecule has 2 N–H and O–H groups in total. The van der Waals surface area contributed by atoms with Crippen LogP contribution in [0.3, 0.4) is 0 Å². The normalized spacial score (nSPS) is 15.0. The summed E-state index contributed by atoms with van der Waals surface area (Å²) in [5.74, 6) is -4.03. The van der Waals surface area contributed by atoms with E-state index in [2.05, 4.69) is 42.5 Å². The molecule has 0 radical (unpaired) electrons. The molecule has 3 unspecified atom stereocenters. The molecule has 0 aliphatic heterocycles. The first kappa shape index (κ1) is 55.2. The van der Waals surface area contributed by atoms with Gasteiger partial charge < -0.3 is 44.1 Å². The molecule has 0 aliphatic rings. The fraction of sp³-hybridized carbons (Fsp3) is 0.825. The zero-order valence-corrected chi connectivity index (χ0v) is 40.6. The Morgan fingerprint density at radius 2 is 0.897 bits per heavy atom. The minimum absolute atomic E-state index is 0.0491. The molecule has 0 rings (SSSR count). The average molecular weight is 959 g/mol. The molecule has 0 heterocycles. The largest absolute Gasteiger partial charge is 0.464 e. The Morgan fingerprint density at radius 3 is 1.22 bits per heavy atom. The van der Waals surface area contributed by atoms with Gasteiger partial charge in [0.2, 0.25) is 11.8 Å². The lowest BCUT2D eigenvalue weighted by Gasteiger charge is -2.39. The van der Waals surface area contributed by atoms with E-state index in [9.17, 15) is 33.6 Å². The first-order valence-corrected chi connectivity index (χ1v) is 21.5. The average Bonchev–Trinajstić information content (AvgIpc) is 3.12. The number of ether oxygens (including phenoxy) is 5. The van der Waals surface area contributed by atoms with Gasteiger partial charge in [0.1, 0.15) is 32.5 Å². The third kappa shape index (κ3) is 15.0. The second-order valence-corrected chi connectivity index (χ2v) is 18.9. The molecule has 2 amide bonds. The summed E-state index contributed by atoms with van der Waals surface area (Å²) in [6.45, 7) is 18.1. The predicted molar refractivity (Wildman–Crippen MR) is 226 cm³/mol. The van der Waals surface area contributed by atoms with Crippen molar-refractivity contribution in [2.24, 2.45) is 32.5 Å². The number of esters is 5. The van der Waals surface area contributed by atoms with Crippen molar-refractivity contribution in [3.05, 3.63) is 0 Å². The van der Waals surface area contributed by atoms with E-state index in [1.807, 2.05) is 38.0 Å². The van der Waals surface area contributed by atoms with E-state index in [1.54, 1.807) is 69.2 Å². The molecule has 0 aliphatic carbocycles. The highest BCUT2D eigenvalue weighted by Gasteiger charge is 2.54. The summed E-state index contributed by atoms with van der Waals surface area (Å²) in [7, 11) is 7.40. The molecular weight excluding hydrogens is 888 g/mol. The Hall–Kier alpha value is -2.83. The molecule has 0 spiro atoms. The van der Waals surface area contributed by atoms with Crippen LogP contribution in [-0.2, 0) is 57.2 Å². The molecule has 0 aromatic carbocycles. The molecule has 18 heteroatoms. The van der Waals surface area contributed by atoms with Crippen LogP contribution in [0.5, 0.6) is 0 Å². The van der Waals surface area contributed by atoms with Gasteiger partial charge in [0.05, 0.1) is 40.2 Å². The SMILES string of the molecule is CC(=O)OC(CC(C)(C)C(=O)NCCOC(=O)C(C)(C)C(C)(CBr)C(=O)OCCN(C)C)C(C)(C)C(=O)NCCOC(=O)C(C)(C)C(C)(CBr)C(=O)OCCN(C)C. The van der Waals surface area contributed by atoms with Crippen molar-refractivity contribution in [2.45, 2.75) is 88.7 Å². The van der Waals surface area contributed by atoms with Crippen molar-refractivity contribution in [3.8, 4) is 0 Å². The van der Waals surface area contributed by atoms with Gasteiger partial charge in [-0.15, -0.1) is 0 Å². The zero-order valence-electron chi connectivity index (χ0n) is 37.4. The maximum atomic E-state index is 13.5. The van der Waals surface area contributed by atoms with E-state index < -0.39 is 80.3 Å². The number of carbonyl (C=O) groups is 7. The van der Waals surface area contributed by atoms with Crippen LogP contribution in [0.2, 0.25) is 0 Å². The third-order valence-electron chi connectivity index (χ3n) is 11.0. The van der Waals surface area contributed by atoms with Crippen molar-refractivity contribution in [3.63, 3.8) is 0 Å². The van der Waals surface area contributed by atoms with E-state index in [0.29, 0.717) is 13.1 Å². The van der Waals surface area contributed by atoms with Crippen molar-refractivity contribution in [1.29, 1.82) is 0 Å². The third-order valence-corrected chi connectivity index (χ3v) is 13.3. The molecule has 0 saturated heterocycles. The lowest BCUT2D eigenvalue weighted by molar-refractivity contribution is -0.175. The minimum Gasteiger partial charge on any atom is -0.464 e. The second-order valence-electron chi connectivity index (χ2n) is 17.8. The monoisotopic (exact) mass is 956 g/mol. The zero-order chi connectivity index (χ0) is 45.5. The highest BCUT2D eigenvalue weighted by atomic mass is 79.9. The molecule has 58 heavy (non-hydrogen) atoms. The molecule has 3 atom stereocenters. The maximum Gasteiger partial charge on any atom is 0.313 e. The van der Waals surface area contributed by atoms with Gasteiger partial charge in [-0.05, 0) is 90.0 Å². The molecule has 0 aromatic heterocycles. The maximum absolute atomic E-state index is 13.5. The molecular formula is C40H70Br2N4O12. The summed E-state index contributed by atoms with van der Waals surface area (Å²) in [5, 5.41) is 5.74. The lowest BCUT2D eigenvalue weighted by Crippen LogP contribution is -2.51. The number of rotatable bonds is 26. The van der Waals surface area contributed by atoms with E-state index >= 15 is 0 Å². The second kappa shape index (κ2) is 23.2. The fourth-order valence-corrected chi connectivity index (χ4v) is 7.02. The van der Waals surface area contributed by atoms with Crippen LogP contribution in [0, 0.1) is 32.5 Å². The Morgan fingerprint density at radius 1 is 0.552 bits per heavy atom. The van der Waals surface area contributed by atoms with Crippen molar-refractivity contribution < 1.29 is 57.2 Å². The summed E-state index contributed by atoms with van der Waals surface area (Å²) in [4.78, 5) is 95.3. The van der Waals surface area contributed by atoms with Crippen molar-refractivity contribution in [2.75, 3.05) is 91.5 Å². The van der Waals surface area contributed by atoms with Crippen LogP contribution in [-0.4, -0.2) is 149 Å². The highest BCUT2D eigenvalue weighted by molar-refractivity contribution is 9.09. The topological polar surface area (TPSA) is 196 Å². The van der Waals surface area contributed by atoms with Crippen molar-refractivity contribution >= 4 is 73.5 Å². The van der Waals surface area contributed by atoms with Gasteiger partial charge >= 0.3 is 29.8 Å². The van der Waals surface area contributed by atoms with Gasteiger partial charge in [0, 0.05) is 36.1 Å². The van der Waals surface area contributed by atoms with Crippen LogP contribution >= 0.6 is 31.9 Å². The number of amides is 2. The number of hydrogen-bond donors (Lipinski definition) is 2. The molecule has 336 valence electrons. The molecule has 0 bridgehead atoms. The Labute approximate surface area is 362 Å². The first-order chi connectivity index (χ1) is 26.4. The van der Waals surface area contributed by atoms with E-state index in [0.717, 1.165) is 0 Å². The minimum atomic E-state index is -1.34. The number of alkyl halides is 2. The molecule has 16 nitrogen and oxygen atoms in total. The molecule has 0 saturated carbocycles. The summed E-state index contributed by atoms with van der Waals surface area (Å²) >= 11 is 6.72. The van der Waals surface area contributed by atoms with Gasteiger partial charge in [-0.25, -0.2) is 0 Å². The lowest BCUT2D eigenvalue weighted by atomic mass is 9.68. The van der Waals surface area contributed by atoms with Crippen LogP contribution in [0.15, 0.2) is 0 Å².